The minimum Gasteiger partial charge on any atom is -0.381 e. The van der Waals surface area contributed by atoms with Crippen LogP contribution in [0.25, 0.3) is 5.65 Å². The maximum atomic E-state index is 12.9. The van der Waals surface area contributed by atoms with E-state index >= 15 is 0 Å². The van der Waals surface area contributed by atoms with Gasteiger partial charge in [-0.05, 0) is 12.3 Å². The summed E-state index contributed by atoms with van der Waals surface area (Å²) in [5, 5.41) is 3.25. The zero-order valence-electron chi connectivity index (χ0n) is 14.8. The van der Waals surface area contributed by atoms with Crippen LogP contribution in [0.15, 0.2) is 10.9 Å². The lowest BCUT2D eigenvalue weighted by Gasteiger charge is -2.29. The summed E-state index contributed by atoms with van der Waals surface area (Å²) < 4.78 is 7.09. The van der Waals surface area contributed by atoms with Crippen molar-refractivity contribution >= 4 is 5.65 Å². The van der Waals surface area contributed by atoms with E-state index in [1.54, 1.807) is 4.52 Å². The first-order chi connectivity index (χ1) is 11.4. The third-order valence-electron chi connectivity index (χ3n) is 5.19. The van der Waals surface area contributed by atoms with Gasteiger partial charge in [0.25, 0.3) is 5.56 Å². The van der Waals surface area contributed by atoms with Crippen LogP contribution < -0.4 is 5.56 Å². The lowest BCUT2D eigenvalue weighted by Crippen LogP contribution is -2.39. The van der Waals surface area contributed by atoms with Crippen LogP contribution in [0.2, 0.25) is 0 Å². The molecule has 0 unspecified atom stereocenters. The van der Waals surface area contributed by atoms with Crippen molar-refractivity contribution in [2.45, 2.75) is 45.6 Å². The zero-order chi connectivity index (χ0) is 16.9. The quantitative estimate of drug-likeness (QED) is 0.911. The molecule has 24 heavy (non-hydrogen) atoms. The Hall–Kier alpha value is -1.66. The number of nitrogens with one attached hydrogen (secondary N) is 1. The van der Waals surface area contributed by atoms with Crippen LogP contribution in [-0.2, 0) is 23.1 Å². The Bertz CT molecular complexity index is 809. The van der Waals surface area contributed by atoms with Crippen molar-refractivity contribution in [1.29, 1.82) is 0 Å². The highest BCUT2D eigenvalue weighted by molar-refractivity contribution is 5.43. The van der Waals surface area contributed by atoms with E-state index in [4.69, 9.17) is 9.72 Å². The molecule has 6 heteroatoms. The van der Waals surface area contributed by atoms with Gasteiger partial charge in [0.05, 0.1) is 17.9 Å². The average molecular weight is 330 g/mol. The van der Waals surface area contributed by atoms with Gasteiger partial charge in [0.1, 0.15) is 0 Å². The molecule has 1 atom stereocenters. The molecule has 1 fully saturated rings. The molecule has 0 radical (unpaired) electrons. The number of fused-ring (bicyclic) bond motifs is 2. The monoisotopic (exact) mass is 330 g/mol. The first-order valence-corrected chi connectivity index (χ1v) is 8.86. The van der Waals surface area contributed by atoms with Crippen LogP contribution in [0.1, 0.15) is 44.1 Å². The van der Waals surface area contributed by atoms with Crippen molar-refractivity contribution in [2.75, 3.05) is 26.3 Å². The van der Waals surface area contributed by atoms with Gasteiger partial charge in [0, 0.05) is 49.8 Å². The third kappa shape index (κ3) is 2.78. The number of nitrogens with zero attached hydrogens (tertiary/aromatic N) is 3. The average Bonchev–Trinajstić information content (AvgIpc) is 3.17. The molecule has 0 amide bonds. The molecule has 0 saturated carbocycles. The molecule has 2 aromatic heterocycles. The van der Waals surface area contributed by atoms with Gasteiger partial charge < -0.3 is 4.74 Å². The number of rotatable bonds is 2. The molecule has 4 rings (SSSR count). The van der Waals surface area contributed by atoms with Crippen molar-refractivity contribution in [3.8, 4) is 0 Å². The first-order valence-electron chi connectivity index (χ1n) is 8.86. The highest BCUT2D eigenvalue weighted by Gasteiger charge is 2.26. The van der Waals surface area contributed by atoms with E-state index in [0.717, 1.165) is 61.7 Å². The molecule has 1 saturated heterocycles. The SMILES string of the molecule is CC(C)(C)c1cc2nc3c(c(=O)n2[nH]1)CN(C[C@@H]1CCOC1)CC3. The maximum absolute atomic E-state index is 12.9. The maximum Gasteiger partial charge on any atom is 0.277 e. The standard InChI is InChI=1S/C18H26N4O2/c1-18(2,3)15-8-16-19-14-4-6-21(9-12-5-7-24-11-12)10-13(14)17(23)22(16)20-15/h8,12,20H,4-7,9-11H2,1-3H3/t12-/m0/s1. The fourth-order valence-corrected chi connectivity index (χ4v) is 3.67. The van der Waals surface area contributed by atoms with Crippen molar-refractivity contribution < 1.29 is 4.74 Å². The Morgan fingerprint density at radius 1 is 1.42 bits per heavy atom. The van der Waals surface area contributed by atoms with Crippen molar-refractivity contribution in [1.82, 2.24) is 19.5 Å². The second-order valence-corrected chi connectivity index (χ2v) is 8.17. The van der Waals surface area contributed by atoms with Crippen LogP contribution in [-0.4, -0.2) is 45.8 Å². The number of hydrogen-bond donors (Lipinski definition) is 1. The second kappa shape index (κ2) is 5.70. The smallest absolute Gasteiger partial charge is 0.277 e. The van der Waals surface area contributed by atoms with E-state index in [1.807, 2.05) is 6.07 Å². The van der Waals surface area contributed by atoms with E-state index in [0.29, 0.717) is 12.5 Å². The molecule has 0 bridgehead atoms. The molecule has 6 nitrogen and oxygen atoms in total. The minimum atomic E-state index is -0.0326. The predicted octanol–water partition coefficient (Wildman–Crippen LogP) is 1.71. The molecule has 0 spiro atoms. The summed E-state index contributed by atoms with van der Waals surface area (Å²) in [6, 6.07) is 2.00. The van der Waals surface area contributed by atoms with Gasteiger partial charge in [0.15, 0.2) is 5.65 Å². The summed E-state index contributed by atoms with van der Waals surface area (Å²) in [6.07, 6.45) is 1.98. The molecular formula is C18H26N4O2. The van der Waals surface area contributed by atoms with Crippen molar-refractivity contribution in [2.24, 2.45) is 5.92 Å². The van der Waals surface area contributed by atoms with E-state index in [2.05, 4.69) is 30.8 Å². The molecule has 4 heterocycles. The van der Waals surface area contributed by atoms with Crippen molar-refractivity contribution in [3.63, 3.8) is 0 Å². The van der Waals surface area contributed by atoms with Gasteiger partial charge in [-0.1, -0.05) is 20.8 Å². The Balaban J connectivity index is 1.66. The van der Waals surface area contributed by atoms with Gasteiger partial charge in [0.2, 0.25) is 0 Å². The summed E-state index contributed by atoms with van der Waals surface area (Å²) in [4.78, 5) is 20.1. The number of aromatic amines is 1. The van der Waals surface area contributed by atoms with E-state index < -0.39 is 0 Å². The largest absolute Gasteiger partial charge is 0.381 e. The third-order valence-corrected chi connectivity index (χ3v) is 5.19. The summed E-state index contributed by atoms with van der Waals surface area (Å²) in [6.45, 7) is 10.8. The van der Waals surface area contributed by atoms with Crippen molar-refractivity contribution in [3.05, 3.63) is 33.4 Å². The summed E-state index contributed by atoms with van der Waals surface area (Å²) in [5.41, 5.74) is 3.61. The van der Waals surface area contributed by atoms with Gasteiger partial charge >= 0.3 is 0 Å². The van der Waals surface area contributed by atoms with Crippen LogP contribution >= 0.6 is 0 Å². The predicted molar refractivity (Wildman–Crippen MR) is 92.4 cm³/mol. The molecule has 1 N–H and O–H groups in total. The molecule has 130 valence electrons. The molecule has 2 aliphatic rings. The molecule has 2 aliphatic heterocycles. The Kier molecular flexibility index (Phi) is 3.77. The van der Waals surface area contributed by atoms with E-state index in [1.165, 1.54) is 0 Å². The van der Waals surface area contributed by atoms with Gasteiger partial charge in [-0.15, -0.1) is 0 Å². The summed E-state index contributed by atoms with van der Waals surface area (Å²) in [7, 11) is 0. The van der Waals surface area contributed by atoms with E-state index in [9.17, 15) is 4.79 Å². The number of aromatic nitrogens is 3. The van der Waals surface area contributed by atoms with Gasteiger partial charge in [-0.2, -0.15) is 0 Å². The normalized spacial score (nSPS) is 22.2. The fraction of sp³-hybridized carbons (Fsp3) is 0.667. The highest BCUT2D eigenvalue weighted by atomic mass is 16.5. The Morgan fingerprint density at radius 2 is 2.25 bits per heavy atom. The molecular weight excluding hydrogens is 304 g/mol. The number of hydrogen-bond acceptors (Lipinski definition) is 4. The van der Waals surface area contributed by atoms with E-state index in [-0.39, 0.29) is 11.0 Å². The number of ether oxygens (including phenoxy) is 1. The second-order valence-electron chi connectivity index (χ2n) is 8.17. The minimum absolute atomic E-state index is 0.0326. The van der Waals surface area contributed by atoms with Crippen LogP contribution in [0, 0.1) is 5.92 Å². The number of H-pyrrole nitrogens is 1. The Morgan fingerprint density at radius 3 is 2.96 bits per heavy atom. The summed E-state index contributed by atoms with van der Waals surface area (Å²) >= 11 is 0. The first kappa shape index (κ1) is 15.8. The highest BCUT2D eigenvalue weighted by Crippen LogP contribution is 2.23. The van der Waals surface area contributed by atoms with Crippen LogP contribution in [0.3, 0.4) is 0 Å². The molecule has 2 aromatic rings. The van der Waals surface area contributed by atoms with Crippen LogP contribution in [0.5, 0.6) is 0 Å². The lowest BCUT2D eigenvalue weighted by atomic mass is 9.93. The lowest BCUT2D eigenvalue weighted by molar-refractivity contribution is 0.161. The molecule has 0 aliphatic carbocycles. The zero-order valence-corrected chi connectivity index (χ0v) is 14.8. The summed E-state index contributed by atoms with van der Waals surface area (Å²) in [5.74, 6) is 0.601. The topological polar surface area (TPSA) is 62.6 Å². The molecule has 0 aromatic carbocycles. The van der Waals surface area contributed by atoms with Crippen LogP contribution in [0.4, 0.5) is 0 Å². The Labute approximate surface area is 141 Å². The fourth-order valence-electron chi connectivity index (χ4n) is 3.67. The van der Waals surface area contributed by atoms with Gasteiger partial charge in [-0.25, -0.2) is 9.50 Å². The van der Waals surface area contributed by atoms with Gasteiger partial charge in [-0.3, -0.25) is 14.8 Å².